The van der Waals surface area contributed by atoms with E-state index in [1.165, 1.54) is 0 Å². The van der Waals surface area contributed by atoms with Gasteiger partial charge in [0.2, 0.25) is 0 Å². The van der Waals surface area contributed by atoms with E-state index in [1.807, 2.05) is 60.7 Å². The maximum absolute atomic E-state index is 13.7. The standard InChI is InChI=1S/C19H25O2P/c1-21-16-10-2-3-11-17-22(20,18-12-6-4-7-13-18)19-14-8-5-9-15-19/h4-9,12-15H,2-3,10-11,16-17H2,1H3. The van der Waals surface area contributed by atoms with Gasteiger partial charge in [0.15, 0.2) is 0 Å². The summed E-state index contributed by atoms with van der Waals surface area (Å²) in [6.45, 7) is 0.815. The molecule has 2 rings (SSSR count). The van der Waals surface area contributed by atoms with Crippen molar-refractivity contribution in [3.8, 4) is 0 Å². The fourth-order valence-electron chi connectivity index (χ4n) is 2.68. The van der Waals surface area contributed by atoms with Crippen molar-refractivity contribution in [1.29, 1.82) is 0 Å². The van der Waals surface area contributed by atoms with Crippen LogP contribution in [0.15, 0.2) is 60.7 Å². The summed E-state index contributed by atoms with van der Waals surface area (Å²) < 4.78 is 18.8. The van der Waals surface area contributed by atoms with Crippen LogP contribution in [0.25, 0.3) is 0 Å². The lowest BCUT2D eigenvalue weighted by molar-refractivity contribution is 0.192. The largest absolute Gasteiger partial charge is 0.385 e. The number of methoxy groups -OCH3 is 1. The Kier molecular flexibility index (Phi) is 6.89. The molecule has 0 atom stereocenters. The molecule has 0 aliphatic heterocycles. The SMILES string of the molecule is COCCCCCCP(=O)(c1ccccc1)c1ccccc1. The second kappa shape index (κ2) is 8.92. The zero-order valence-corrected chi connectivity index (χ0v) is 14.2. The zero-order valence-electron chi connectivity index (χ0n) is 13.3. The summed E-state index contributed by atoms with van der Waals surface area (Å²) in [6, 6.07) is 19.8. The fraction of sp³-hybridized carbons (Fsp3) is 0.368. The zero-order chi connectivity index (χ0) is 15.7. The molecule has 2 nitrogen and oxygen atoms in total. The van der Waals surface area contributed by atoms with Gasteiger partial charge in [0.05, 0.1) is 0 Å². The molecule has 0 fully saturated rings. The minimum atomic E-state index is -2.51. The molecule has 0 heterocycles. The number of benzene rings is 2. The fourth-order valence-corrected chi connectivity index (χ4v) is 5.47. The lowest BCUT2D eigenvalue weighted by Gasteiger charge is -2.19. The molecule has 0 aliphatic rings. The maximum atomic E-state index is 13.7. The van der Waals surface area contributed by atoms with Gasteiger partial charge in [0, 0.05) is 30.5 Å². The van der Waals surface area contributed by atoms with Gasteiger partial charge < -0.3 is 9.30 Å². The summed E-state index contributed by atoms with van der Waals surface area (Å²) in [5.41, 5.74) is 0. The van der Waals surface area contributed by atoms with Gasteiger partial charge in [-0.1, -0.05) is 73.5 Å². The highest BCUT2D eigenvalue weighted by molar-refractivity contribution is 7.78. The van der Waals surface area contributed by atoms with E-state index >= 15 is 0 Å². The van der Waals surface area contributed by atoms with E-state index in [0.29, 0.717) is 0 Å². The first kappa shape index (κ1) is 17.0. The van der Waals surface area contributed by atoms with Crippen molar-refractivity contribution in [2.24, 2.45) is 0 Å². The predicted molar refractivity (Wildman–Crippen MR) is 95.0 cm³/mol. The van der Waals surface area contributed by atoms with Gasteiger partial charge in [-0.3, -0.25) is 0 Å². The van der Waals surface area contributed by atoms with Crippen LogP contribution >= 0.6 is 7.14 Å². The first-order valence-electron chi connectivity index (χ1n) is 7.96. The molecular formula is C19H25O2P. The molecule has 0 N–H and O–H groups in total. The summed E-state index contributed by atoms with van der Waals surface area (Å²) >= 11 is 0. The van der Waals surface area contributed by atoms with Crippen molar-refractivity contribution >= 4 is 17.8 Å². The summed E-state index contributed by atoms with van der Waals surface area (Å²) in [6.07, 6.45) is 5.06. The third-order valence-corrected chi connectivity index (χ3v) is 7.13. The molecular weight excluding hydrogens is 291 g/mol. The van der Waals surface area contributed by atoms with Crippen LogP contribution in [0, 0.1) is 0 Å². The van der Waals surface area contributed by atoms with Crippen LogP contribution in [0.5, 0.6) is 0 Å². The minimum absolute atomic E-state index is 0.744. The van der Waals surface area contributed by atoms with Gasteiger partial charge in [-0.05, 0) is 12.8 Å². The van der Waals surface area contributed by atoms with Crippen LogP contribution < -0.4 is 10.6 Å². The molecule has 0 bridgehead atoms. The highest BCUT2D eigenvalue weighted by Gasteiger charge is 2.26. The highest BCUT2D eigenvalue weighted by Crippen LogP contribution is 2.44. The van der Waals surface area contributed by atoms with Gasteiger partial charge in [0.25, 0.3) is 0 Å². The van der Waals surface area contributed by atoms with Gasteiger partial charge >= 0.3 is 0 Å². The van der Waals surface area contributed by atoms with Gasteiger partial charge in [-0.25, -0.2) is 0 Å². The molecule has 0 aliphatic carbocycles. The third kappa shape index (κ3) is 4.56. The first-order valence-corrected chi connectivity index (χ1v) is 9.86. The highest BCUT2D eigenvalue weighted by atomic mass is 31.2. The molecule has 0 saturated heterocycles. The minimum Gasteiger partial charge on any atom is -0.385 e. The molecule has 0 amide bonds. The van der Waals surface area contributed by atoms with E-state index < -0.39 is 7.14 Å². The van der Waals surface area contributed by atoms with Crippen LogP contribution in [0.4, 0.5) is 0 Å². The lowest BCUT2D eigenvalue weighted by Crippen LogP contribution is -2.18. The lowest BCUT2D eigenvalue weighted by atomic mass is 10.2. The summed E-state index contributed by atoms with van der Waals surface area (Å²) in [5, 5.41) is 1.94. The average Bonchev–Trinajstić information content (AvgIpc) is 2.59. The Balaban J connectivity index is 2.09. The topological polar surface area (TPSA) is 26.3 Å². The molecule has 0 saturated carbocycles. The van der Waals surface area contributed by atoms with E-state index in [1.54, 1.807) is 7.11 Å². The number of rotatable bonds is 9. The van der Waals surface area contributed by atoms with Crippen molar-refractivity contribution in [3.63, 3.8) is 0 Å². The second-order valence-electron chi connectivity index (χ2n) is 5.54. The number of hydrogen-bond donors (Lipinski definition) is 0. The monoisotopic (exact) mass is 316 g/mol. The Morgan fingerprint density at radius 1 is 0.773 bits per heavy atom. The molecule has 3 heteroatoms. The maximum Gasteiger partial charge on any atom is 0.143 e. The molecule has 0 aromatic heterocycles. The third-order valence-electron chi connectivity index (χ3n) is 3.92. The normalized spacial score (nSPS) is 11.5. The van der Waals surface area contributed by atoms with Gasteiger partial charge in [0.1, 0.15) is 7.14 Å². The van der Waals surface area contributed by atoms with Crippen LogP contribution in [0.2, 0.25) is 0 Å². The van der Waals surface area contributed by atoms with E-state index in [-0.39, 0.29) is 0 Å². The van der Waals surface area contributed by atoms with Crippen molar-refractivity contribution in [3.05, 3.63) is 60.7 Å². The van der Waals surface area contributed by atoms with E-state index in [2.05, 4.69) is 0 Å². The molecule has 0 spiro atoms. The summed E-state index contributed by atoms with van der Waals surface area (Å²) in [5.74, 6) is 0. The van der Waals surface area contributed by atoms with Crippen molar-refractivity contribution in [1.82, 2.24) is 0 Å². The Labute approximate surface area is 133 Å². The Hall–Kier alpha value is -1.37. The first-order chi connectivity index (χ1) is 10.8. The average molecular weight is 316 g/mol. The Morgan fingerprint density at radius 3 is 1.77 bits per heavy atom. The quantitative estimate of drug-likeness (QED) is 0.512. The van der Waals surface area contributed by atoms with Crippen molar-refractivity contribution < 1.29 is 9.30 Å². The van der Waals surface area contributed by atoms with E-state index in [4.69, 9.17) is 4.74 Å². The molecule has 2 aromatic carbocycles. The molecule has 0 unspecified atom stereocenters. The van der Waals surface area contributed by atoms with Crippen LogP contribution in [0.3, 0.4) is 0 Å². The van der Waals surface area contributed by atoms with Crippen LogP contribution in [-0.2, 0) is 9.30 Å². The van der Waals surface area contributed by atoms with Crippen molar-refractivity contribution in [2.45, 2.75) is 25.7 Å². The van der Waals surface area contributed by atoms with E-state index in [9.17, 15) is 4.57 Å². The van der Waals surface area contributed by atoms with Crippen LogP contribution in [0.1, 0.15) is 25.7 Å². The molecule has 22 heavy (non-hydrogen) atoms. The number of ether oxygens (including phenoxy) is 1. The smallest absolute Gasteiger partial charge is 0.143 e. The number of hydrogen-bond acceptors (Lipinski definition) is 2. The molecule has 0 radical (unpaired) electrons. The predicted octanol–water partition coefficient (Wildman–Crippen LogP) is 4.21. The molecule has 118 valence electrons. The van der Waals surface area contributed by atoms with E-state index in [0.717, 1.165) is 49.1 Å². The summed E-state index contributed by atoms with van der Waals surface area (Å²) in [7, 11) is -0.776. The summed E-state index contributed by atoms with van der Waals surface area (Å²) in [4.78, 5) is 0. The van der Waals surface area contributed by atoms with Crippen molar-refractivity contribution in [2.75, 3.05) is 19.9 Å². The molecule has 2 aromatic rings. The number of unbranched alkanes of at least 4 members (excludes halogenated alkanes) is 3. The second-order valence-corrected chi connectivity index (χ2v) is 8.50. The Morgan fingerprint density at radius 2 is 1.27 bits per heavy atom. The Bertz CT molecular complexity index is 537. The van der Waals surface area contributed by atoms with Gasteiger partial charge in [-0.2, -0.15) is 0 Å². The van der Waals surface area contributed by atoms with Crippen LogP contribution in [-0.4, -0.2) is 19.9 Å². The van der Waals surface area contributed by atoms with Gasteiger partial charge in [-0.15, -0.1) is 0 Å².